The van der Waals surface area contributed by atoms with Gasteiger partial charge in [-0.25, -0.2) is 0 Å². The van der Waals surface area contributed by atoms with Gasteiger partial charge in [0.05, 0.1) is 11.3 Å². The minimum atomic E-state index is -0.737. The third-order valence-electron chi connectivity index (χ3n) is 2.22. The minimum absolute atomic E-state index is 0.389. The first-order chi connectivity index (χ1) is 6.89. The van der Waals surface area contributed by atoms with E-state index in [2.05, 4.69) is 24.3 Å². The van der Waals surface area contributed by atoms with Gasteiger partial charge in [0.25, 0.3) is 0 Å². The summed E-state index contributed by atoms with van der Waals surface area (Å²) in [5.41, 5.74) is 0.187. The molecule has 1 unspecified atom stereocenters. The second-order valence-electron chi connectivity index (χ2n) is 4.69. The fourth-order valence-corrected chi connectivity index (χ4v) is 1.43. The Morgan fingerprint density at radius 2 is 2.27 bits per heavy atom. The lowest BCUT2D eigenvalue weighted by molar-refractivity contribution is 0.0570. The number of nitrogens with one attached hydrogen (secondary N) is 1. The summed E-state index contributed by atoms with van der Waals surface area (Å²) in [4.78, 5) is 0. The molecule has 0 radical (unpaired) electrons. The van der Waals surface area contributed by atoms with E-state index in [1.165, 1.54) is 0 Å². The van der Waals surface area contributed by atoms with Crippen LogP contribution >= 0.6 is 0 Å². The zero-order valence-corrected chi connectivity index (χ0v) is 9.99. The number of aryl methyl sites for hydroxylation is 1. The molecule has 15 heavy (non-hydrogen) atoms. The monoisotopic (exact) mass is 211 g/mol. The molecule has 4 heteroatoms. The van der Waals surface area contributed by atoms with Gasteiger partial charge < -0.3 is 10.4 Å². The molecule has 86 valence electrons. The van der Waals surface area contributed by atoms with Gasteiger partial charge in [0.2, 0.25) is 0 Å². The van der Waals surface area contributed by atoms with Crippen LogP contribution in [0.5, 0.6) is 0 Å². The topological polar surface area (TPSA) is 50.1 Å². The summed E-state index contributed by atoms with van der Waals surface area (Å²) >= 11 is 0. The number of aliphatic hydroxyl groups is 1. The fraction of sp³-hybridized carbons (Fsp3) is 0.727. The molecule has 0 aromatic carbocycles. The van der Waals surface area contributed by atoms with E-state index in [1.807, 2.05) is 26.2 Å². The molecule has 1 aromatic rings. The Kier molecular flexibility index (Phi) is 3.88. The summed E-state index contributed by atoms with van der Waals surface area (Å²) in [6.07, 6.45) is 2.47. The molecule has 4 nitrogen and oxygen atoms in total. The second-order valence-corrected chi connectivity index (χ2v) is 4.69. The third-order valence-corrected chi connectivity index (χ3v) is 2.22. The first kappa shape index (κ1) is 12.2. The number of hydrogen-bond donors (Lipinski definition) is 2. The van der Waals surface area contributed by atoms with Crippen LogP contribution in [-0.2, 0) is 13.5 Å². The number of aromatic nitrogens is 2. The van der Waals surface area contributed by atoms with Gasteiger partial charge in [-0.1, -0.05) is 13.8 Å². The number of hydrogen-bond acceptors (Lipinski definition) is 3. The van der Waals surface area contributed by atoms with Crippen LogP contribution in [0.15, 0.2) is 12.3 Å². The summed E-state index contributed by atoms with van der Waals surface area (Å²) in [5, 5.41) is 17.6. The van der Waals surface area contributed by atoms with E-state index in [4.69, 9.17) is 0 Å². The molecule has 0 fully saturated rings. The van der Waals surface area contributed by atoms with Crippen molar-refractivity contribution in [2.75, 3.05) is 6.54 Å². The average Bonchev–Trinajstić information content (AvgIpc) is 2.47. The standard InChI is InChI=1S/C11H21N3O/c1-9(2)12-8-11(3,15)7-10-5-6-14(4)13-10/h5-6,9,12,15H,7-8H2,1-4H3. The maximum atomic E-state index is 10.1. The van der Waals surface area contributed by atoms with Crippen molar-refractivity contribution in [3.63, 3.8) is 0 Å². The third kappa shape index (κ3) is 4.44. The highest BCUT2D eigenvalue weighted by Gasteiger charge is 2.22. The molecule has 0 aliphatic rings. The number of nitrogens with zero attached hydrogens (tertiary/aromatic N) is 2. The largest absolute Gasteiger partial charge is 0.388 e. The molecule has 0 aliphatic carbocycles. The summed E-state index contributed by atoms with van der Waals surface area (Å²) in [5.74, 6) is 0. The highest BCUT2D eigenvalue weighted by atomic mass is 16.3. The van der Waals surface area contributed by atoms with Crippen LogP contribution in [0.2, 0.25) is 0 Å². The summed E-state index contributed by atoms with van der Waals surface area (Å²) in [6, 6.07) is 2.32. The Hall–Kier alpha value is -0.870. The van der Waals surface area contributed by atoms with Crippen molar-refractivity contribution >= 4 is 0 Å². The van der Waals surface area contributed by atoms with Crippen molar-refractivity contribution in [3.05, 3.63) is 18.0 Å². The van der Waals surface area contributed by atoms with Gasteiger partial charge in [0.1, 0.15) is 0 Å². The molecule has 2 N–H and O–H groups in total. The Balaban J connectivity index is 2.48. The van der Waals surface area contributed by atoms with Gasteiger partial charge in [0, 0.05) is 32.3 Å². The van der Waals surface area contributed by atoms with E-state index in [9.17, 15) is 5.11 Å². The first-order valence-electron chi connectivity index (χ1n) is 5.33. The van der Waals surface area contributed by atoms with E-state index in [-0.39, 0.29) is 0 Å². The van der Waals surface area contributed by atoms with E-state index in [1.54, 1.807) is 4.68 Å². The highest BCUT2D eigenvalue weighted by Crippen LogP contribution is 2.10. The van der Waals surface area contributed by atoms with Gasteiger partial charge >= 0.3 is 0 Å². The molecular weight excluding hydrogens is 190 g/mol. The maximum Gasteiger partial charge on any atom is 0.0799 e. The summed E-state index contributed by atoms with van der Waals surface area (Å²) in [6.45, 7) is 6.55. The van der Waals surface area contributed by atoms with E-state index >= 15 is 0 Å². The fourth-order valence-electron chi connectivity index (χ4n) is 1.43. The lowest BCUT2D eigenvalue weighted by atomic mass is 10.00. The van der Waals surface area contributed by atoms with Crippen LogP contribution in [0.3, 0.4) is 0 Å². The van der Waals surface area contributed by atoms with Crippen LogP contribution in [0.25, 0.3) is 0 Å². The Labute approximate surface area is 91.3 Å². The average molecular weight is 211 g/mol. The SMILES string of the molecule is CC(C)NCC(C)(O)Cc1ccn(C)n1. The van der Waals surface area contributed by atoms with E-state index < -0.39 is 5.60 Å². The molecule has 1 heterocycles. The molecule has 0 saturated carbocycles. The molecule has 0 amide bonds. The van der Waals surface area contributed by atoms with Crippen molar-refractivity contribution in [2.24, 2.45) is 7.05 Å². The van der Waals surface area contributed by atoms with Gasteiger partial charge in [-0.2, -0.15) is 5.10 Å². The molecule has 1 rings (SSSR count). The quantitative estimate of drug-likeness (QED) is 0.754. The van der Waals surface area contributed by atoms with Crippen LogP contribution in [0, 0.1) is 0 Å². The van der Waals surface area contributed by atoms with Crippen molar-refractivity contribution in [1.29, 1.82) is 0 Å². The Morgan fingerprint density at radius 1 is 1.60 bits per heavy atom. The summed E-state index contributed by atoms with van der Waals surface area (Å²) < 4.78 is 1.75. The predicted molar refractivity (Wildman–Crippen MR) is 60.7 cm³/mol. The minimum Gasteiger partial charge on any atom is -0.388 e. The Morgan fingerprint density at radius 3 is 2.73 bits per heavy atom. The molecule has 1 atom stereocenters. The predicted octanol–water partition coefficient (Wildman–Crippen LogP) is 0.712. The Bertz CT molecular complexity index is 305. The molecule has 1 aromatic heterocycles. The second kappa shape index (κ2) is 4.77. The van der Waals surface area contributed by atoms with Crippen LogP contribution in [0.4, 0.5) is 0 Å². The lowest BCUT2D eigenvalue weighted by Gasteiger charge is -2.24. The molecule has 0 aliphatic heterocycles. The van der Waals surface area contributed by atoms with Crippen LogP contribution < -0.4 is 5.32 Å². The summed E-state index contributed by atoms with van der Waals surface area (Å²) in [7, 11) is 1.88. The van der Waals surface area contributed by atoms with Gasteiger partial charge in [-0.15, -0.1) is 0 Å². The number of rotatable bonds is 5. The van der Waals surface area contributed by atoms with Crippen molar-refractivity contribution < 1.29 is 5.11 Å². The van der Waals surface area contributed by atoms with Gasteiger partial charge in [-0.3, -0.25) is 4.68 Å². The molecule has 0 spiro atoms. The van der Waals surface area contributed by atoms with E-state index in [0.717, 1.165) is 5.69 Å². The maximum absolute atomic E-state index is 10.1. The zero-order valence-electron chi connectivity index (χ0n) is 9.99. The van der Waals surface area contributed by atoms with E-state index in [0.29, 0.717) is 19.0 Å². The normalized spacial score (nSPS) is 15.6. The van der Waals surface area contributed by atoms with Crippen molar-refractivity contribution in [1.82, 2.24) is 15.1 Å². The van der Waals surface area contributed by atoms with Crippen molar-refractivity contribution in [3.8, 4) is 0 Å². The lowest BCUT2D eigenvalue weighted by Crippen LogP contribution is -2.42. The molecular formula is C11H21N3O. The van der Waals surface area contributed by atoms with Gasteiger partial charge in [-0.05, 0) is 13.0 Å². The van der Waals surface area contributed by atoms with Crippen LogP contribution in [0.1, 0.15) is 26.5 Å². The van der Waals surface area contributed by atoms with Gasteiger partial charge in [0.15, 0.2) is 0 Å². The molecule has 0 saturated heterocycles. The molecule has 0 bridgehead atoms. The van der Waals surface area contributed by atoms with Crippen LogP contribution in [-0.4, -0.2) is 33.1 Å². The first-order valence-corrected chi connectivity index (χ1v) is 5.33. The zero-order chi connectivity index (χ0) is 11.5. The van der Waals surface area contributed by atoms with Crippen molar-refractivity contribution in [2.45, 2.75) is 38.8 Å². The highest BCUT2D eigenvalue weighted by molar-refractivity contribution is 5.03. The smallest absolute Gasteiger partial charge is 0.0799 e.